The van der Waals surface area contributed by atoms with Crippen LogP contribution in [0.4, 0.5) is 5.69 Å². The van der Waals surface area contributed by atoms with Crippen molar-refractivity contribution in [1.82, 2.24) is 0 Å². The van der Waals surface area contributed by atoms with Crippen LogP contribution in [-0.4, -0.2) is 23.3 Å². The Morgan fingerprint density at radius 1 is 0.950 bits per heavy atom. The SMILES string of the molecule is CC[P+](CC)(CC)C([S-])=Nc1cccc2ccccc12. The van der Waals surface area contributed by atoms with Crippen LogP contribution in [0.15, 0.2) is 47.5 Å². The molecule has 0 unspecified atom stereocenters. The first kappa shape index (κ1) is 15.4. The van der Waals surface area contributed by atoms with Crippen molar-refractivity contribution in [3.63, 3.8) is 0 Å². The molecule has 20 heavy (non-hydrogen) atoms. The van der Waals surface area contributed by atoms with E-state index in [9.17, 15) is 0 Å². The van der Waals surface area contributed by atoms with E-state index < -0.39 is 7.26 Å². The Morgan fingerprint density at radius 2 is 1.55 bits per heavy atom. The minimum Gasteiger partial charge on any atom is -0.721 e. The minimum atomic E-state index is -1.21. The Balaban J connectivity index is 2.52. The molecule has 0 atom stereocenters. The summed E-state index contributed by atoms with van der Waals surface area (Å²) in [5.74, 6) is 0. The smallest absolute Gasteiger partial charge is 0.0728 e. The van der Waals surface area contributed by atoms with Crippen LogP contribution in [-0.2, 0) is 12.6 Å². The molecule has 0 aromatic heterocycles. The van der Waals surface area contributed by atoms with E-state index in [0.29, 0.717) is 0 Å². The maximum absolute atomic E-state index is 5.71. The molecule has 2 aromatic carbocycles. The van der Waals surface area contributed by atoms with Gasteiger partial charge in [-0.3, -0.25) is 0 Å². The summed E-state index contributed by atoms with van der Waals surface area (Å²) in [5, 5.41) is 2.42. The summed E-state index contributed by atoms with van der Waals surface area (Å²) >= 11 is 5.71. The van der Waals surface area contributed by atoms with Crippen LogP contribution in [0, 0.1) is 0 Å². The zero-order valence-corrected chi connectivity index (χ0v) is 14.2. The van der Waals surface area contributed by atoms with Crippen molar-refractivity contribution in [1.29, 1.82) is 0 Å². The van der Waals surface area contributed by atoms with Crippen LogP contribution in [0.25, 0.3) is 10.8 Å². The quantitative estimate of drug-likeness (QED) is 0.309. The lowest BCUT2D eigenvalue weighted by atomic mass is 10.1. The molecule has 0 amide bonds. The Labute approximate surface area is 128 Å². The van der Waals surface area contributed by atoms with Gasteiger partial charge in [0.15, 0.2) is 0 Å². The molecular formula is C17H22NPS. The zero-order chi connectivity index (χ0) is 14.6. The van der Waals surface area contributed by atoms with Gasteiger partial charge < -0.3 is 12.6 Å². The first-order valence-electron chi connectivity index (χ1n) is 7.27. The molecule has 0 spiro atoms. The molecule has 0 bridgehead atoms. The topological polar surface area (TPSA) is 12.4 Å². The number of rotatable bonds is 5. The van der Waals surface area contributed by atoms with Crippen molar-refractivity contribution in [3.05, 3.63) is 42.5 Å². The fourth-order valence-electron chi connectivity index (χ4n) is 2.59. The van der Waals surface area contributed by atoms with E-state index in [1.807, 2.05) is 0 Å². The molecule has 0 aliphatic heterocycles. The predicted octanol–water partition coefficient (Wildman–Crippen LogP) is 5.45. The number of hydrogen-bond donors (Lipinski definition) is 0. The van der Waals surface area contributed by atoms with E-state index >= 15 is 0 Å². The normalized spacial score (nSPS) is 12.8. The maximum Gasteiger partial charge on any atom is 0.0728 e. The Bertz CT molecular complexity index is 604. The van der Waals surface area contributed by atoms with E-state index in [1.54, 1.807) is 0 Å². The van der Waals surface area contributed by atoms with Gasteiger partial charge in [-0.05, 0) is 32.2 Å². The van der Waals surface area contributed by atoms with Crippen molar-refractivity contribution in [2.45, 2.75) is 20.8 Å². The van der Waals surface area contributed by atoms with Crippen molar-refractivity contribution in [2.24, 2.45) is 4.99 Å². The second-order valence-electron chi connectivity index (χ2n) is 4.99. The molecule has 2 rings (SSSR count). The summed E-state index contributed by atoms with van der Waals surface area (Å²) in [6.45, 7) is 6.77. The number of nitrogens with zero attached hydrogens (tertiary/aromatic N) is 1. The Kier molecular flexibility index (Phi) is 5.12. The summed E-state index contributed by atoms with van der Waals surface area (Å²) in [5.41, 5.74) is 1.02. The van der Waals surface area contributed by atoms with Gasteiger partial charge in [0, 0.05) is 17.4 Å². The van der Waals surface area contributed by atoms with E-state index in [0.717, 1.165) is 29.0 Å². The first-order valence-corrected chi connectivity index (χ1v) is 10.0. The fraction of sp³-hybridized carbons (Fsp3) is 0.353. The van der Waals surface area contributed by atoms with Crippen LogP contribution in [0.5, 0.6) is 0 Å². The minimum absolute atomic E-state index is 0.960. The Hall–Kier alpha value is -0.980. The zero-order valence-electron chi connectivity index (χ0n) is 12.5. The highest BCUT2D eigenvalue weighted by Gasteiger charge is 2.31. The molecule has 0 aliphatic carbocycles. The number of fused-ring (bicyclic) bond motifs is 1. The predicted molar refractivity (Wildman–Crippen MR) is 97.0 cm³/mol. The largest absolute Gasteiger partial charge is 0.721 e. The third-order valence-corrected chi connectivity index (χ3v) is 10.0. The molecule has 3 heteroatoms. The second kappa shape index (κ2) is 6.65. The van der Waals surface area contributed by atoms with Crippen molar-refractivity contribution in [3.8, 4) is 0 Å². The summed E-state index contributed by atoms with van der Waals surface area (Å²) < 4.78 is 0. The summed E-state index contributed by atoms with van der Waals surface area (Å²) in [6.07, 6.45) is 3.48. The molecular weight excluding hydrogens is 281 g/mol. The molecule has 0 aliphatic rings. The molecule has 0 saturated heterocycles. The monoisotopic (exact) mass is 303 g/mol. The highest BCUT2D eigenvalue weighted by molar-refractivity contribution is 8.11. The standard InChI is InChI=1S/C17H22NPS/c1-4-19(5-2,6-3)17(20)18-16-13-9-11-14-10-7-8-12-15(14)16/h7-13H,4-6H2,1-3H3. The van der Waals surface area contributed by atoms with Crippen LogP contribution in [0.2, 0.25) is 0 Å². The third kappa shape index (κ3) is 2.87. The van der Waals surface area contributed by atoms with Crippen LogP contribution in [0.1, 0.15) is 20.8 Å². The average Bonchev–Trinajstić information content (AvgIpc) is 2.50. The Morgan fingerprint density at radius 3 is 2.20 bits per heavy atom. The summed E-state index contributed by atoms with van der Waals surface area (Å²) in [6, 6.07) is 14.6. The highest BCUT2D eigenvalue weighted by atomic mass is 32.1. The van der Waals surface area contributed by atoms with Gasteiger partial charge in [0.2, 0.25) is 0 Å². The lowest BCUT2D eigenvalue weighted by Gasteiger charge is -2.29. The average molecular weight is 303 g/mol. The third-order valence-electron chi connectivity index (χ3n) is 4.20. The molecule has 0 heterocycles. The van der Waals surface area contributed by atoms with Gasteiger partial charge in [-0.2, -0.15) is 0 Å². The van der Waals surface area contributed by atoms with E-state index in [1.165, 1.54) is 10.8 Å². The van der Waals surface area contributed by atoms with Gasteiger partial charge >= 0.3 is 0 Å². The van der Waals surface area contributed by atoms with Gasteiger partial charge in [-0.25, -0.2) is 4.99 Å². The summed E-state index contributed by atoms with van der Waals surface area (Å²) in [7, 11) is -1.21. The lowest BCUT2D eigenvalue weighted by molar-refractivity contribution is 1.33. The lowest BCUT2D eigenvalue weighted by Crippen LogP contribution is -2.11. The second-order valence-corrected chi connectivity index (χ2v) is 10.3. The van der Waals surface area contributed by atoms with Crippen molar-refractivity contribution >= 4 is 41.1 Å². The van der Waals surface area contributed by atoms with Crippen LogP contribution in [0.3, 0.4) is 0 Å². The van der Waals surface area contributed by atoms with Crippen LogP contribution >= 0.6 is 7.26 Å². The fourth-order valence-corrected chi connectivity index (χ4v) is 6.32. The molecule has 2 aromatic rings. The van der Waals surface area contributed by atoms with E-state index in [2.05, 4.69) is 63.2 Å². The maximum atomic E-state index is 5.71. The van der Waals surface area contributed by atoms with Gasteiger partial charge in [-0.15, -0.1) is 0 Å². The van der Waals surface area contributed by atoms with E-state index in [4.69, 9.17) is 17.6 Å². The first-order chi connectivity index (χ1) is 9.66. The highest BCUT2D eigenvalue weighted by Crippen LogP contribution is 2.59. The molecule has 0 radical (unpaired) electrons. The van der Waals surface area contributed by atoms with E-state index in [-0.39, 0.29) is 0 Å². The van der Waals surface area contributed by atoms with Gasteiger partial charge in [0.25, 0.3) is 0 Å². The molecule has 0 saturated carbocycles. The molecule has 1 nitrogen and oxygen atoms in total. The van der Waals surface area contributed by atoms with Crippen LogP contribution < -0.4 is 0 Å². The molecule has 0 fully saturated rings. The van der Waals surface area contributed by atoms with Crippen molar-refractivity contribution < 1.29 is 0 Å². The van der Waals surface area contributed by atoms with Gasteiger partial charge in [0.05, 0.1) is 24.2 Å². The number of hydrogen-bond acceptors (Lipinski definition) is 2. The summed E-state index contributed by atoms with van der Waals surface area (Å²) in [4.78, 5) is 5.81. The molecule has 106 valence electrons. The molecule has 0 N–H and O–H groups in total. The number of aliphatic imine (C=N–C) groups is 1. The number of benzene rings is 2. The van der Waals surface area contributed by atoms with Gasteiger partial charge in [-0.1, -0.05) is 36.4 Å². The van der Waals surface area contributed by atoms with Crippen molar-refractivity contribution in [2.75, 3.05) is 18.5 Å². The van der Waals surface area contributed by atoms with Gasteiger partial charge in [0.1, 0.15) is 0 Å².